The minimum atomic E-state index is -0.191. The van der Waals surface area contributed by atoms with Crippen molar-refractivity contribution < 1.29 is 9.13 Å². The van der Waals surface area contributed by atoms with E-state index in [-0.39, 0.29) is 5.82 Å². The standard InChI is InChI=1S/C15H18FNOS/c16-15-9-12(3-1-7-17)5-6-13(15)10-19-11-14-4-2-8-18-14/h5-6,9,14H,2,4,7-8,10-11,17H2. The van der Waals surface area contributed by atoms with Gasteiger partial charge in [0.15, 0.2) is 0 Å². The first-order chi connectivity index (χ1) is 9.29. The maximum Gasteiger partial charge on any atom is 0.128 e. The number of nitrogens with two attached hydrogens (primary N) is 1. The zero-order chi connectivity index (χ0) is 13.5. The van der Waals surface area contributed by atoms with Gasteiger partial charge in [-0.25, -0.2) is 4.39 Å². The molecule has 0 radical (unpaired) electrons. The Hall–Kier alpha value is -1.02. The van der Waals surface area contributed by atoms with Gasteiger partial charge in [0.25, 0.3) is 0 Å². The van der Waals surface area contributed by atoms with E-state index in [4.69, 9.17) is 10.5 Å². The summed E-state index contributed by atoms with van der Waals surface area (Å²) in [6, 6.07) is 5.12. The highest BCUT2D eigenvalue weighted by Crippen LogP contribution is 2.21. The van der Waals surface area contributed by atoms with E-state index in [1.54, 1.807) is 17.8 Å². The molecule has 0 aromatic heterocycles. The van der Waals surface area contributed by atoms with Gasteiger partial charge < -0.3 is 10.5 Å². The number of hydrogen-bond donors (Lipinski definition) is 1. The fourth-order valence-electron chi connectivity index (χ4n) is 1.97. The summed E-state index contributed by atoms with van der Waals surface area (Å²) in [5.74, 6) is 6.98. The summed E-state index contributed by atoms with van der Waals surface area (Å²) < 4.78 is 19.4. The molecule has 0 aliphatic carbocycles. The van der Waals surface area contributed by atoms with Crippen LogP contribution in [-0.2, 0) is 10.5 Å². The third-order valence-corrected chi connectivity index (χ3v) is 4.10. The van der Waals surface area contributed by atoms with Crippen LogP contribution in [0.4, 0.5) is 4.39 Å². The van der Waals surface area contributed by atoms with Gasteiger partial charge in [-0.3, -0.25) is 0 Å². The number of ether oxygens (including phenoxy) is 1. The van der Waals surface area contributed by atoms with Crippen LogP contribution in [0.25, 0.3) is 0 Å². The Bertz CT molecular complexity index is 475. The molecular formula is C15H18FNOS. The van der Waals surface area contributed by atoms with Gasteiger partial charge in [-0.1, -0.05) is 17.9 Å². The molecule has 0 spiro atoms. The number of rotatable bonds is 4. The Morgan fingerprint density at radius 1 is 1.47 bits per heavy atom. The lowest BCUT2D eigenvalue weighted by Gasteiger charge is -2.09. The second-order valence-electron chi connectivity index (χ2n) is 4.46. The van der Waals surface area contributed by atoms with Gasteiger partial charge in [-0.05, 0) is 30.5 Å². The van der Waals surface area contributed by atoms with Crippen molar-refractivity contribution in [2.75, 3.05) is 18.9 Å². The van der Waals surface area contributed by atoms with E-state index in [0.29, 0.717) is 24.0 Å². The second-order valence-corrected chi connectivity index (χ2v) is 5.49. The summed E-state index contributed by atoms with van der Waals surface area (Å²) in [7, 11) is 0. The Morgan fingerprint density at radius 2 is 2.37 bits per heavy atom. The quantitative estimate of drug-likeness (QED) is 0.860. The van der Waals surface area contributed by atoms with Gasteiger partial charge in [-0.15, -0.1) is 0 Å². The molecule has 2 nitrogen and oxygen atoms in total. The lowest BCUT2D eigenvalue weighted by Crippen LogP contribution is -2.08. The highest BCUT2D eigenvalue weighted by atomic mass is 32.2. The SMILES string of the molecule is NCC#Cc1ccc(CSCC2CCCO2)c(F)c1. The molecule has 2 N–H and O–H groups in total. The maximum absolute atomic E-state index is 13.8. The summed E-state index contributed by atoms with van der Waals surface area (Å²) in [6.45, 7) is 1.16. The van der Waals surface area contributed by atoms with Crippen molar-refractivity contribution in [2.24, 2.45) is 5.73 Å². The number of benzene rings is 1. The molecule has 1 fully saturated rings. The zero-order valence-electron chi connectivity index (χ0n) is 10.8. The molecule has 0 bridgehead atoms. The van der Waals surface area contributed by atoms with Gasteiger partial charge >= 0.3 is 0 Å². The average molecular weight is 279 g/mol. The van der Waals surface area contributed by atoms with E-state index in [1.807, 2.05) is 6.07 Å². The first-order valence-electron chi connectivity index (χ1n) is 6.46. The Morgan fingerprint density at radius 3 is 3.05 bits per heavy atom. The lowest BCUT2D eigenvalue weighted by molar-refractivity contribution is 0.129. The molecule has 1 heterocycles. The smallest absolute Gasteiger partial charge is 0.128 e. The van der Waals surface area contributed by atoms with Crippen LogP contribution >= 0.6 is 11.8 Å². The molecule has 19 heavy (non-hydrogen) atoms. The Labute approximate surface area is 117 Å². The molecule has 0 amide bonds. The molecule has 1 atom stereocenters. The van der Waals surface area contributed by atoms with Gasteiger partial charge in [0.05, 0.1) is 12.6 Å². The van der Waals surface area contributed by atoms with Crippen LogP contribution < -0.4 is 5.73 Å². The molecule has 1 aromatic carbocycles. The van der Waals surface area contributed by atoms with Crippen molar-refractivity contribution >= 4 is 11.8 Å². The fraction of sp³-hybridized carbons (Fsp3) is 0.467. The number of halogens is 1. The summed E-state index contributed by atoms with van der Waals surface area (Å²) in [5, 5.41) is 0. The van der Waals surface area contributed by atoms with Gasteiger partial charge in [0, 0.05) is 23.7 Å². The lowest BCUT2D eigenvalue weighted by atomic mass is 10.1. The topological polar surface area (TPSA) is 35.2 Å². The third kappa shape index (κ3) is 4.54. The van der Waals surface area contributed by atoms with Crippen molar-refractivity contribution in [3.05, 3.63) is 35.1 Å². The van der Waals surface area contributed by atoms with Crippen molar-refractivity contribution in [3.8, 4) is 11.8 Å². The van der Waals surface area contributed by atoms with Crippen molar-refractivity contribution in [3.63, 3.8) is 0 Å². The molecule has 102 valence electrons. The summed E-state index contributed by atoms with van der Waals surface area (Å²) in [5.41, 5.74) is 6.69. The maximum atomic E-state index is 13.8. The van der Waals surface area contributed by atoms with Crippen LogP contribution in [0.15, 0.2) is 18.2 Å². The van der Waals surface area contributed by atoms with Crippen LogP contribution in [-0.4, -0.2) is 25.0 Å². The summed E-state index contributed by atoms with van der Waals surface area (Å²) in [4.78, 5) is 0. The Balaban J connectivity index is 1.86. The van der Waals surface area contributed by atoms with Crippen LogP contribution in [0, 0.1) is 17.7 Å². The van der Waals surface area contributed by atoms with E-state index in [1.165, 1.54) is 6.07 Å². The van der Waals surface area contributed by atoms with Gasteiger partial charge in [-0.2, -0.15) is 11.8 Å². The molecule has 1 aliphatic heterocycles. The third-order valence-electron chi connectivity index (χ3n) is 2.97. The molecule has 1 aliphatic rings. The molecule has 0 saturated carbocycles. The van der Waals surface area contributed by atoms with Crippen molar-refractivity contribution in [1.82, 2.24) is 0 Å². The van der Waals surface area contributed by atoms with Crippen LogP contribution in [0.2, 0.25) is 0 Å². The number of thioether (sulfide) groups is 1. The van der Waals surface area contributed by atoms with E-state index < -0.39 is 0 Å². The molecule has 1 saturated heterocycles. The van der Waals surface area contributed by atoms with E-state index in [9.17, 15) is 4.39 Å². The summed E-state index contributed by atoms with van der Waals surface area (Å²) in [6.07, 6.45) is 2.62. The minimum absolute atomic E-state index is 0.191. The molecule has 4 heteroatoms. The van der Waals surface area contributed by atoms with E-state index >= 15 is 0 Å². The fourth-order valence-corrected chi connectivity index (χ4v) is 3.07. The largest absolute Gasteiger partial charge is 0.377 e. The highest BCUT2D eigenvalue weighted by molar-refractivity contribution is 7.98. The number of hydrogen-bond acceptors (Lipinski definition) is 3. The van der Waals surface area contributed by atoms with E-state index in [2.05, 4.69) is 11.8 Å². The van der Waals surface area contributed by atoms with Gasteiger partial charge in [0.2, 0.25) is 0 Å². The predicted molar refractivity (Wildman–Crippen MR) is 77.5 cm³/mol. The van der Waals surface area contributed by atoms with Crippen LogP contribution in [0.1, 0.15) is 24.0 Å². The second kappa shape index (κ2) is 7.54. The van der Waals surface area contributed by atoms with Crippen molar-refractivity contribution in [1.29, 1.82) is 0 Å². The molecule has 1 aromatic rings. The van der Waals surface area contributed by atoms with E-state index in [0.717, 1.165) is 30.8 Å². The molecule has 2 rings (SSSR count). The zero-order valence-corrected chi connectivity index (χ0v) is 11.6. The first-order valence-corrected chi connectivity index (χ1v) is 7.62. The monoisotopic (exact) mass is 279 g/mol. The molecular weight excluding hydrogens is 261 g/mol. The van der Waals surface area contributed by atoms with Crippen molar-refractivity contribution in [2.45, 2.75) is 24.7 Å². The van der Waals surface area contributed by atoms with Gasteiger partial charge in [0.1, 0.15) is 5.82 Å². The Kier molecular flexibility index (Phi) is 5.71. The van der Waals surface area contributed by atoms with Crippen LogP contribution in [0.3, 0.4) is 0 Å². The molecule has 1 unspecified atom stereocenters. The average Bonchev–Trinajstić information content (AvgIpc) is 2.92. The van der Waals surface area contributed by atoms with Crippen LogP contribution in [0.5, 0.6) is 0 Å². The summed E-state index contributed by atoms with van der Waals surface area (Å²) >= 11 is 1.72. The first kappa shape index (κ1) is 14.4. The normalized spacial score (nSPS) is 18.1. The predicted octanol–water partition coefficient (Wildman–Crippen LogP) is 2.55. The minimum Gasteiger partial charge on any atom is -0.377 e. The highest BCUT2D eigenvalue weighted by Gasteiger charge is 2.15.